The van der Waals surface area contributed by atoms with Crippen molar-refractivity contribution < 1.29 is 14.3 Å². The van der Waals surface area contributed by atoms with Crippen LogP contribution in [0.1, 0.15) is 34.6 Å². The fourth-order valence-electron chi connectivity index (χ4n) is 0.971. The van der Waals surface area contributed by atoms with Crippen LogP contribution >= 0.6 is 0 Å². The molecule has 0 aromatic rings. The smallest absolute Gasteiger partial charge is 0.354 e. The molecule has 0 spiro atoms. The zero-order valence-electron chi connectivity index (χ0n) is 10.7. The Hall–Kier alpha value is -1.32. The van der Waals surface area contributed by atoms with E-state index in [2.05, 4.69) is 19.2 Å². The third-order valence-corrected chi connectivity index (χ3v) is 2.71. The first-order valence-corrected chi connectivity index (χ1v) is 5.45. The van der Waals surface area contributed by atoms with Crippen molar-refractivity contribution in [1.82, 2.24) is 5.32 Å². The fourth-order valence-corrected chi connectivity index (χ4v) is 0.971. The lowest BCUT2D eigenvalue weighted by atomic mass is 9.80. The highest BCUT2D eigenvalue weighted by Gasteiger charge is 2.23. The van der Waals surface area contributed by atoms with Crippen molar-refractivity contribution in [2.75, 3.05) is 6.61 Å². The van der Waals surface area contributed by atoms with Gasteiger partial charge < -0.3 is 10.1 Å². The maximum atomic E-state index is 11.5. The second-order valence-electron chi connectivity index (χ2n) is 4.52. The highest BCUT2D eigenvalue weighted by atomic mass is 16.5. The molecule has 92 valence electrons. The lowest BCUT2D eigenvalue weighted by Crippen LogP contribution is -2.26. The van der Waals surface area contributed by atoms with E-state index in [1.165, 1.54) is 0 Å². The van der Waals surface area contributed by atoms with Gasteiger partial charge in [-0.05, 0) is 24.3 Å². The molecule has 0 aliphatic heterocycles. The molecule has 0 unspecified atom stereocenters. The van der Waals surface area contributed by atoms with Gasteiger partial charge in [0.25, 0.3) is 0 Å². The van der Waals surface area contributed by atoms with E-state index >= 15 is 0 Å². The van der Waals surface area contributed by atoms with Crippen LogP contribution in [0.5, 0.6) is 0 Å². The quantitative estimate of drug-likeness (QED) is 0.428. The molecule has 1 amide bonds. The molecule has 0 saturated carbocycles. The molecule has 0 aromatic carbocycles. The van der Waals surface area contributed by atoms with Gasteiger partial charge in [-0.1, -0.05) is 27.7 Å². The first-order chi connectivity index (χ1) is 7.35. The lowest BCUT2D eigenvalue weighted by molar-refractivity contribution is -0.139. The predicted molar refractivity (Wildman–Crippen MR) is 62.5 cm³/mol. The van der Waals surface area contributed by atoms with E-state index in [0.717, 1.165) is 0 Å². The molecular weight excluding hydrogens is 206 g/mol. The summed E-state index contributed by atoms with van der Waals surface area (Å²) in [6, 6.07) is 0. The van der Waals surface area contributed by atoms with Gasteiger partial charge in [-0.15, -0.1) is 0 Å². The number of hydrogen-bond acceptors (Lipinski definition) is 3. The Kier molecular flexibility index (Phi) is 5.78. The molecule has 0 bridgehead atoms. The van der Waals surface area contributed by atoms with Gasteiger partial charge in [-0.25, -0.2) is 4.79 Å². The Labute approximate surface area is 97.1 Å². The Morgan fingerprint density at radius 3 is 2.38 bits per heavy atom. The molecule has 16 heavy (non-hydrogen) atoms. The average Bonchev–Trinajstić information content (AvgIpc) is 2.17. The van der Waals surface area contributed by atoms with Gasteiger partial charge in [0.05, 0.1) is 6.61 Å². The normalized spacial score (nSPS) is 12.5. The van der Waals surface area contributed by atoms with E-state index < -0.39 is 5.97 Å². The molecule has 0 radical (unpaired) electrons. The second-order valence-corrected chi connectivity index (χ2v) is 4.52. The molecule has 0 heterocycles. The number of carbonyl (C=O) groups excluding carboxylic acids is 2. The van der Waals surface area contributed by atoms with Crippen LogP contribution in [0, 0.1) is 11.3 Å². The first kappa shape index (κ1) is 14.7. The number of hydrogen-bond donors (Lipinski definition) is 1. The van der Waals surface area contributed by atoms with Gasteiger partial charge in [0.1, 0.15) is 5.70 Å². The molecule has 0 aliphatic carbocycles. The van der Waals surface area contributed by atoms with Crippen LogP contribution in [-0.2, 0) is 14.3 Å². The maximum absolute atomic E-state index is 11.5. The Balaban J connectivity index is 4.96. The van der Waals surface area contributed by atoms with Crippen molar-refractivity contribution in [3.63, 3.8) is 0 Å². The highest BCUT2D eigenvalue weighted by Crippen LogP contribution is 2.28. The first-order valence-electron chi connectivity index (χ1n) is 5.45. The van der Waals surface area contributed by atoms with E-state index in [9.17, 15) is 9.59 Å². The minimum atomic E-state index is -0.497. The summed E-state index contributed by atoms with van der Waals surface area (Å²) in [7, 11) is 0. The van der Waals surface area contributed by atoms with Crippen molar-refractivity contribution in [3.8, 4) is 0 Å². The summed E-state index contributed by atoms with van der Waals surface area (Å²) in [4.78, 5) is 21.9. The van der Waals surface area contributed by atoms with Crippen LogP contribution < -0.4 is 5.32 Å². The summed E-state index contributed by atoms with van der Waals surface area (Å²) in [5.41, 5.74) is 0.0218. The van der Waals surface area contributed by atoms with Crippen LogP contribution in [0.25, 0.3) is 0 Å². The van der Waals surface area contributed by atoms with Gasteiger partial charge in [-0.2, -0.15) is 0 Å². The zero-order chi connectivity index (χ0) is 12.8. The molecule has 0 saturated heterocycles. The fraction of sp³-hybridized carbons (Fsp3) is 0.667. The molecule has 1 N–H and O–H groups in total. The zero-order valence-corrected chi connectivity index (χ0v) is 10.7. The lowest BCUT2D eigenvalue weighted by Gasteiger charge is -2.26. The van der Waals surface area contributed by atoms with E-state index in [1.807, 2.05) is 13.8 Å². The van der Waals surface area contributed by atoms with Crippen molar-refractivity contribution in [1.29, 1.82) is 0 Å². The van der Waals surface area contributed by atoms with Crippen molar-refractivity contribution in [3.05, 3.63) is 11.8 Å². The van der Waals surface area contributed by atoms with E-state index in [4.69, 9.17) is 4.74 Å². The van der Waals surface area contributed by atoms with Gasteiger partial charge in [0, 0.05) is 0 Å². The van der Waals surface area contributed by atoms with E-state index in [0.29, 0.717) is 18.9 Å². The van der Waals surface area contributed by atoms with E-state index in [-0.39, 0.29) is 11.1 Å². The monoisotopic (exact) mass is 227 g/mol. The van der Waals surface area contributed by atoms with Gasteiger partial charge in [0.2, 0.25) is 6.41 Å². The van der Waals surface area contributed by atoms with Crippen LogP contribution in [0.15, 0.2) is 11.8 Å². The summed E-state index contributed by atoms with van der Waals surface area (Å²) in [6.45, 7) is 10.1. The number of ether oxygens (including phenoxy) is 1. The summed E-state index contributed by atoms with van der Waals surface area (Å²) >= 11 is 0. The molecular formula is C12H21NO3. The number of esters is 1. The van der Waals surface area contributed by atoms with Crippen molar-refractivity contribution in [2.24, 2.45) is 11.3 Å². The van der Waals surface area contributed by atoms with Crippen LogP contribution in [0.4, 0.5) is 0 Å². The SMILES string of the molecule is CCOC(=O)C(=CC(C)(C)C(C)C)NC=O. The minimum Gasteiger partial charge on any atom is -0.461 e. The largest absolute Gasteiger partial charge is 0.461 e. The van der Waals surface area contributed by atoms with Crippen molar-refractivity contribution in [2.45, 2.75) is 34.6 Å². The predicted octanol–water partition coefficient (Wildman–Crippen LogP) is 1.86. The molecule has 0 fully saturated rings. The summed E-state index contributed by atoms with van der Waals surface area (Å²) in [5.74, 6) is -0.145. The summed E-state index contributed by atoms with van der Waals surface area (Å²) in [6.07, 6.45) is 2.23. The summed E-state index contributed by atoms with van der Waals surface area (Å²) < 4.78 is 4.85. The van der Waals surface area contributed by atoms with Crippen molar-refractivity contribution >= 4 is 12.4 Å². The van der Waals surface area contributed by atoms with Crippen LogP contribution in [-0.4, -0.2) is 19.0 Å². The molecule has 0 aromatic heterocycles. The van der Waals surface area contributed by atoms with Gasteiger partial charge >= 0.3 is 5.97 Å². The highest BCUT2D eigenvalue weighted by molar-refractivity contribution is 5.90. The van der Waals surface area contributed by atoms with Crippen LogP contribution in [0.3, 0.4) is 0 Å². The second kappa shape index (κ2) is 6.30. The number of nitrogens with one attached hydrogen (secondary N) is 1. The standard InChI is InChI=1S/C12H21NO3/c1-6-16-11(15)10(13-8-14)7-12(4,5)9(2)3/h7-9H,6H2,1-5H3,(H,13,14). The summed E-state index contributed by atoms with van der Waals surface area (Å²) in [5, 5.41) is 2.38. The third kappa shape index (κ3) is 4.47. The molecule has 4 nitrogen and oxygen atoms in total. The molecule has 0 rings (SSSR count). The Morgan fingerprint density at radius 1 is 1.44 bits per heavy atom. The Morgan fingerprint density at radius 2 is 2.00 bits per heavy atom. The number of rotatable bonds is 6. The van der Waals surface area contributed by atoms with E-state index in [1.54, 1.807) is 13.0 Å². The van der Waals surface area contributed by atoms with Crippen LogP contribution in [0.2, 0.25) is 0 Å². The minimum absolute atomic E-state index is 0.182. The Bertz CT molecular complexity index is 280. The third-order valence-electron chi connectivity index (χ3n) is 2.71. The maximum Gasteiger partial charge on any atom is 0.354 e. The average molecular weight is 227 g/mol. The van der Waals surface area contributed by atoms with Gasteiger partial charge in [0.15, 0.2) is 0 Å². The van der Waals surface area contributed by atoms with Gasteiger partial charge in [-0.3, -0.25) is 4.79 Å². The molecule has 0 atom stereocenters. The number of amides is 1. The molecule has 0 aliphatic rings. The number of allylic oxidation sites excluding steroid dienone is 1. The number of carbonyl (C=O) groups is 2. The topological polar surface area (TPSA) is 55.4 Å². The molecule has 4 heteroatoms.